The number of aromatic nitrogens is 4. The first kappa shape index (κ1) is 21.9. The molecule has 0 radical (unpaired) electrons. The van der Waals surface area contributed by atoms with Crippen molar-refractivity contribution in [2.45, 2.75) is 78.7 Å². The molecule has 5 rings (SSSR count). The monoisotopic (exact) mass is 446 g/mol. The lowest BCUT2D eigenvalue weighted by Crippen LogP contribution is -2.14. The van der Waals surface area contributed by atoms with Crippen molar-refractivity contribution in [1.82, 2.24) is 18.9 Å². The Balaban J connectivity index is 1.79. The molecular weight excluding hydrogens is 412 g/mol. The van der Waals surface area contributed by atoms with E-state index in [-0.39, 0.29) is 11.9 Å². The largest absolute Gasteiger partial charge is 0.424 e. The molecule has 3 aromatic heterocycles. The number of fused-ring (bicyclic) bond motifs is 5. The fourth-order valence-corrected chi connectivity index (χ4v) is 5.16. The summed E-state index contributed by atoms with van der Waals surface area (Å²) in [5, 5.41) is 0.849. The molecule has 1 aliphatic rings. The van der Waals surface area contributed by atoms with Gasteiger partial charge in [-0.2, -0.15) is 0 Å². The lowest BCUT2D eigenvalue weighted by molar-refractivity contribution is -0.135. The molecule has 6 heteroatoms. The number of imidazole rings is 1. The van der Waals surface area contributed by atoms with Gasteiger partial charge in [-0.25, -0.2) is 9.97 Å². The van der Waals surface area contributed by atoms with Crippen LogP contribution in [0.2, 0.25) is 0 Å². The molecule has 0 bridgehead atoms. The summed E-state index contributed by atoms with van der Waals surface area (Å²) in [6.45, 7) is 8.50. The maximum atomic E-state index is 12.7. The molecule has 0 aliphatic heterocycles. The minimum Gasteiger partial charge on any atom is -0.424 e. The van der Waals surface area contributed by atoms with Gasteiger partial charge in [-0.15, -0.1) is 0 Å². The molecule has 0 spiro atoms. The third-order valence-corrected chi connectivity index (χ3v) is 6.61. The van der Waals surface area contributed by atoms with Crippen LogP contribution >= 0.6 is 0 Å². The SMILES string of the molecule is CC(C)CC(=O)Oc1cn(C2CCCCC2)c2nc(CC(C)C)n3c4ccccc4nc3c12. The summed E-state index contributed by atoms with van der Waals surface area (Å²) >= 11 is 0. The van der Waals surface area contributed by atoms with Crippen LogP contribution in [-0.4, -0.2) is 24.9 Å². The molecule has 3 heterocycles. The van der Waals surface area contributed by atoms with Gasteiger partial charge in [0.1, 0.15) is 16.9 Å². The maximum Gasteiger partial charge on any atom is 0.311 e. The van der Waals surface area contributed by atoms with Gasteiger partial charge < -0.3 is 9.30 Å². The van der Waals surface area contributed by atoms with Crippen LogP contribution in [0.1, 0.15) is 78.1 Å². The number of para-hydroxylation sites is 2. The van der Waals surface area contributed by atoms with Crippen LogP contribution in [0, 0.1) is 11.8 Å². The van der Waals surface area contributed by atoms with Gasteiger partial charge in [0, 0.05) is 25.1 Å². The van der Waals surface area contributed by atoms with Gasteiger partial charge in [-0.05, 0) is 36.8 Å². The van der Waals surface area contributed by atoms with E-state index in [1.165, 1.54) is 19.3 Å². The molecule has 6 nitrogen and oxygen atoms in total. The van der Waals surface area contributed by atoms with E-state index in [2.05, 4.69) is 28.9 Å². The summed E-state index contributed by atoms with van der Waals surface area (Å²) in [6.07, 6.45) is 9.26. The summed E-state index contributed by atoms with van der Waals surface area (Å²) in [6, 6.07) is 8.56. The third-order valence-electron chi connectivity index (χ3n) is 6.61. The van der Waals surface area contributed by atoms with Crippen molar-refractivity contribution >= 4 is 33.7 Å². The number of hydrogen-bond donors (Lipinski definition) is 0. The van der Waals surface area contributed by atoms with Crippen LogP contribution in [0.25, 0.3) is 27.7 Å². The van der Waals surface area contributed by atoms with Gasteiger partial charge in [0.05, 0.1) is 11.0 Å². The third kappa shape index (κ3) is 4.11. The van der Waals surface area contributed by atoms with Crippen molar-refractivity contribution < 1.29 is 9.53 Å². The van der Waals surface area contributed by atoms with Gasteiger partial charge >= 0.3 is 5.97 Å². The summed E-state index contributed by atoms with van der Waals surface area (Å²) in [7, 11) is 0. The molecule has 1 fully saturated rings. The first-order chi connectivity index (χ1) is 15.9. The summed E-state index contributed by atoms with van der Waals surface area (Å²) in [5.74, 6) is 2.10. The van der Waals surface area contributed by atoms with E-state index in [0.29, 0.717) is 24.1 Å². The van der Waals surface area contributed by atoms with E-state index in [4.69, 9.17) is 14.7 Å². The first-order valence-electron chi connectivity index (χ1n) is 12.4. The second kappa shape index (κ2) is 8.81. The van der Waals surface area contributed by atoms with Crippen molar-refractivity contribution in [2.75, 3.05) is 0 Å². The Hall–Kier alpha value is -2.89. The zero-order valence-corrected chi connectivity index (χ0v) is 20.2. The van der Waals surface area contributed by atoms with E-state index in [1.807, 2.05) is 38.2 Å². The highest BCUT2D eigenvalue weighted by Crippen LogP contribution is 2.39. The summed E-state index contributed by atoms with van der Waals surface area (Å²) in [5.41, 5.74) is 3.70. The molecule has 33 heavy (non-hydrogen) atoms. The molecule has 1 saturated carbocycles. The van der Waals surface area contributed by atoms with Gasteiger partial charge in [0.25, 0.3) is 0 Å². The van der Waals surface area contributed by atoms with Gasteiger partial charge in [0.15, 0.2) is 11.4 Å². The number of hydrogen-bond acceptors (Lipinski definition) is 4. The number of nitrogens with zero attached hydrogens (tertiary/aromatic N) is 4. The standard InChI is InChI=1S/C27H34N4O2/c1-17(2)14-23-29-26-25(27-28-20-12-8-9-13-21(20)31(23)27)22(33-24(32)15-18(3)4)16-30(26)19-10-6-5-7-11-19/h8-9,12-13,16-19H,5-7,10-11,14-15H2,1-4H3. The molecule has 174 valence electrons. The number of benzene rings is 1. The quantitative estimate of drug-likeness (QED) is 0.318. The van der Waals surface area contributed by atoms with E-state index in [9.17, 15) is 4.79 Å². The van der Waals surface area contributed by atoms with Crippen LogP contribution in [0.5, 0.6) is 5.75 Å². The zero-order chi connectivity index (χ0) is 23.1. The molecule has 4 aromatic rings. The average Bonchev–Trinajstić information content (AvgIpc) is 3.32. The second-order valence-corrected chi connectivity index (χ2v) is 10.3. The molecule has 0 unspecified atom stereocenters. The minimum absolute atomic E-state index is 0.201. The lowest BCUT2D eigenvalue weighted by Gasteiger charge is -2.23. The van der Waals surface area contributed by atoms with Gasteiger partial charge in [-0.3, -0.25) is 9.20 Å². The van der Waals surface area contributed by atoms with Crippen LogP contribution in [0.15, 0.2) is 30.5 Å². The Labute approximate surface area is 195 Å². The van der Waals surface area contributed by atoms with Gasteiger partial charge in [-0.1, -0.05) is 59.1 Å². The summed E-state index contributed by atoms with van der Waals surface area (Å²) < 4.78 is 10.4. The molecule has 1 aromatic carbocycles. The number of carbonyl (C=O) groups is 1. The predicted octanol–water partition coefficient (Wildman–Crippen LogP) is 6.49. The Morgan fingerprint density at radius 2 is 1.79 bits per heavy atom. The topological polar surface area (TPSA) is 61.4 Å². The average molecular weight is 447 g/mol. The van der Waals surface area contributed by atoms with Crippen LogP contribution < -0.4 is 4.74 Å². The minimum atomic E-state index is -0.201. The Bertz CT molecular complexity index is 1310. The number of ether oxygens (including phenoxy) is 1. The highest BCUT2D eigenvalue weighted by Gasteiger charge is 2.26. The van der Waals surface area contributed by atoms with Crippen molar-refractivity contribution in [3.05, 3.63) is 36.3 Å². The fraction of sp³-hybridized carbons (Fsp3) is 0.519. The lowest BCUT2D eigenvalue weighted by atomic mass is 9.95. The maximum absolute atomic E-state index is 12.7. The van der Waals surface area contributed by atoms with Crippen molar-refractivity contribution in [3.63, 3.8) is 0 Å². The molecule has 1 aliphatic carbocycles. The normalized spacial score (nSPS) is 15.5. The number of carbonyl (C=O) groups excluding carboxylic acids is 1. The highest BCUT2D eigenvalue weighted by molar-refractivity contribution is 6.01. The van der Waals surface area contributed by atoms with Crippen LogP contribution in [-0.2, 0) is 11.2 Å². The molecule has 0 saturated heterocycles. The van der Waals surface area contributed by atoms with E-state index in [0.717, 1.165) is 52.8 Å². The molecular formula is C27H34N4O2. The fourth-order valence-electron chi connectivity index (χ4n) is 5.16. The molecule has 0 N–H and O–H groups in total. The molecule has 0 atom stereocenters. The Kier molecular flexibility index (Phi) is 5.85. The van der Waals surface area contributed by atoms with Gasteiger partial charge in [0.2, 0.25) is 0 Å². The van der Waals surface area contributed by atoms with E-state index < -0.39 is 0 Å². The Morgan fingerprint density at radius 3 is 2.52 bits per heavy atom. The van der Waals surface area contributed by atoms with Crippen molar-refractivity contribution in [1.29, 1.82) is 0 Å². The zero-order valence-electron chi connectivity index (χ0n) is 20.2. The van der Waals surface area contributed by atoms with Crippen LogP contribution in [0.4, 0.5) is 0 Å². The highest BCUT2D eigenvalue weighted by atomic mass is 16.5. The van der Waals surface area contributed by atoms with E-state index in [1.54, 1.807) is 0 Å². The predicted molar refractivity (Wildman–Crippen MR) is 132 cm³/mol. The van der Waals surface area contributed by atoms with Crippen molar-refractivity contribution in [2.24, 2.45) is 11.8 Å². The Morgan fingerprint density at radius 1 is 1.03 bits per heavy atom. The number of rotatable bonds is 6. The van der Waals surface area contributed by atoms with Crippen LogP contribution in [0.3, 0.4) is 0 Å². The van der Waals surface area contributed by atoms with Crippen molar-refractivity contribution in [3.8, 4) is 5.75 Å². The second-order valence-electron chi connectivity index (χ2n) is 10.3. The first-order valence-corrected chi connectivity index (χ1v) is 12.4. The van der Waals surface area contributed by atoms with E-state index >= 15 is 0 Å². The smallest absolute Gasteiger partial charge is 0.311 e. The number of esters is 1. The summed E-state index contributed by atoms with van der Waals surface area (Å²) in [4.78, 5) is 22.9. The molecule has 0 amide bonds.